The predicted octanol–water partition coefficient (Wildman–Crippen LogP) is 4.35. The number of Topliss-reactive ketones (excluding diaryl/α,β-unsaturated/α-hetero) is 2. The maximum absolute atomic E-state index is 15.2. The third kappa shape index (κ3) is 17.6. The molecule has 3 N–H and O–H groups in total. The number of amides is 5. The van der Waals surface area contributed by atoms with E-state index in [-0.39, 0.29) is 103 Å². The molecule has 0 unspecified atom stereocenters. The number of halogens is 4. The van der Waals surface area contributed by atoms with Crippen LogP contribution in [-0.4, -0.2) is 210 Å². The number of hydrogen-bond donors (Lipinski definition) is 2. The second kappa shape index (κ2) is 28.6. The Morgan fingerprint density at radius 1 is 0.531 bits per heavy atom. The highest BCUT2D eigenvalue weighted by molar-refractivity contribution is 7.91. The number of nitrogens with zero attached hydrogens (tertiary/aromatic N) is 8. The fourth-order valence-corrected chi connectivity index (χ4v) is 12.2. The minimum Gasteiger partial charge on any atom is -0.344 e. The normalized spacial score (nSPS) is 17.9. The summed E-state index contributed by atoms with van der Waals surface area (Å²) in [4.78, 5) is 77.7. The second-order valence-electron chi connectivity index (χ2n) is 20.5. The molecule has 0 atom stereocenters. The zero-order valence-electron chi connectivity index (χ0n) is 45.8. The number of carbonyl (C=O) groups excluding carboxylic acids is 5. The van der Waals surface area contributed by atoms with E-state index in [0.717, 1.165) is 102 Å². The molecule has 4 fully saturated rings. The molecule has 4 saturated heterocycles. The number of likely N-dealkylation sites (N-methyl/N-ethyl adjacent to an activating group) is 2. The van der Waals surface area contributed by atoms with Gasteiger partial charge in [-0.05, 0) is 60.6 Å². The lowest BCUT2D eigenvalue weighted by Crippen LogP contribution is -2.49. The first-order valence-electron chi connectivity index (χ1n) is 27.1. The maximum atomic E-state index is 15.2. The molecule has 0 radical (unpaired) electrons. The van der Waals surface area contributed by atoms with Gasteiger partial charge in [-0.15, -0.1) is 0 Å². The lowest BCUT2D eigenvalue weighted by molar-refractivity contribution is -0.131. The number of anilines is 2. The van der Waals surface area contributed by atoms with Crippen LogP contribution >= 0.6 is 0 Å². The van der Waals surface area contributed by atoms with Crippen LogP contribution in [0.3, 0.4) is 0 Å². The number of alkyl halides is 2. The van der Waals surface area contributed by atoms with Gasteiger partial charge in [0.15, 0.2) is 31.2 Å². The van der Waals surface area contributed by atoms with Gasteiger partial charge in [-0.2, -0.15) is 8.78 Å². The highest BCUT2D eigenvalue weighted by Gasteiger charge is 2.32. The van der Waals surface area contributed by atoms with E-state index in [0.29, 0.717) is 11.4 Å². The van der Waals surface area contributed by atoms with E-state index in [2.05, 4.69) is 33.4 Å². The number of carbonyl (C=O) groups is 5. The Morgan fingerprint density at radius 3 is 1.22 bits per heavy atom. The molecular weight excluding hydrogens is 1100 g/mol. The van der Waals surface area contributed by atoms with Crippen LogP contribution in [0.4, 0.5) is 38.5 Å². The van der Waals surface area contributed by atoms with Crippen LogP contribution in [0.15, 0.2) is 84.9 Å². The number of ketones is 2. The molecule has 0 aliphatic carbocycles. The van der Waals surface area contributed by atoms with Crippen molar-refractivity contribution in [3.63, 3.8) is 0 Å². The Kier molecular flexibility index (Phi) is 22.0. The molecule has 4 aliphatic heterocycles. The topological polar surface area (TPSA) is 218 Å². The fraction of sp³-hybridized carbons (Fsp3) is 0.482. The van der Waals surface area contributed by atoms with Crippen LogP contribution in [0.5, 0.6) is 0 Å². The lowest BCUT2D eigenvalue weighted by atomic mass is 10.1. The Balaban J connectivity index is 0.000000235. The number of nitrogens with one attached hydrogen (secondary N) is 1. The van der Waals surface area contributed by atoms with Gasteiger partial charge in [-0.1, -0.05) is 62.4 Å². The molecular formula is C56H72F4N10O9S2. The zero-order valence-corrected chi connectivity index (χ0v) is 47.4. The highest BCUT2D eigenvalue weighted by atomic mass is 32.2. The van der Waals surface area contributed by atoms with Crippen LogP contribution in [0.2, 0.25) is 0 Å². The molecule has 0 aromatic heterocycles. The van der Waals surface area contributed by atoms with Crippen LogP contribution in [0.1, 0.15) is 56.8 Å². The molecule has 19 nitrogen and oxygen atoms in total. The van der Waals surface area contributed by atoms with Gasteiger partial charge in [0, 0.05) is 125 Å². The molecule has 81 heavy (non-hydrogen) atoms. The average Bonchev–Trinajstić information content (AvgIpc) is 3.51. The second-order valence-corrected chi connectivity index (χ2v) is 25.1. The van der Waals surface area contributed by atoms with Gasteiger partial charge in [-0.3, -0.25) is 34.0 Å². The Hall–Kier alpha value is -6.35. The number of piperazine rings is 2. The summed E-state index contributed by atoms with van der Waals surface area (Å²) in [5.74, 6) is -4.65. The summed E-state index contributed by atoms with van der Waals surface area (Å²) >= 11 is 0. The van der Waals surface area contributed by atoms with Crippen LogP contribution in [-0.2, 0) is 50.6 Å². The van der Waals surface area contributed by atoms with E-state index in [4.69, 9.17) is 5.73 Å². The summed E-state index contributed by atoms with van der Waals surface area (Å²) in [6.07, 6.45) is -3.28. The Morgan fingerprint density at radius 2 is 0.889 bits per heavy atom. The first kappa shape index (κ1) is 62.3. The highest BCUT2D eigenvalue weighted by Crippen LogP contribution is 2.26. The van der Waals surface area contributed by atoms with Crippen molar-refractivity contribution in [3.8, 4) is 0 Å². The molecule has 4 heterocycles. The minimum absolute atomic E-state index is 0.0136. The van der Waals surface area contributed by atoms with E-state index in [1.54, 1.807) is 17.4 Å². The van der Waals surface area contributed by atoms with Gasteiger partial charge in [0.05, 0.1) is 49.2 Å². The van der Waals surface area contributed by atoms with E-state index in [1.807, 2.05) is 36.4 Å². The summed E-state index contributed by atoms with van der Waals surface area (Å²) in [5.41, 5.74) is 9.03. The standard InChI is InChI=1S/C29H36F3N5O5S.C27H36FN5O4S/c1-2-34-9-11-35(12-10-34)19-21-3-7-24(8-4-21)37(29(40)36-13-15-43(41,42)16-14-36)20-23-6-5-22(17-25(23)30)26(38)18-33-28(39)27(31)32;1-2-30-9-11-31(12-10-30)19-21-3-7-24(8-4-21)33(27(35)32-13-15-38(36,37)16-14-32)20-23-6-5-22(17-25(23)28)26(34)18-29/h3-8,17,27H,2,9-16,18-20H2,1H3,(H,33,39);3-8,17H,2,9-16,18-20,29H2,1H3. The van der Waals surface area contributed by atoms with Crippen molar-refractivity contribution in [2.75, 3.05) is 138 Å². The molecule has 440 valence electrons. The Labute approximate surface area is 471 Å². The van der Waals surface area contributed by atoms with Crippen molar-refractivity contribution in [3.05, 3.63) is 130 Å². The summed E-state index contributed by atoms with van der Waals surface area (Å²) in [6, 6.07) is 21.8. The monoisotopic (exact) mass is 1170 g/mol. The van der Waals surface area contributed by atoms with E-state index in [1.165, 1.54) is 43.9 Å². The van der Waals surface area contributed by atoms with Gasteiger partial charge >= 0.3 is 18.5 Å². The third-order valence-corrected chi connectivity index (χ3v) is 18.3. The van der Waals surface area contributed by atoms with Gasteiger partial charge < -0.3 is 30.7 Å². The molecule has 5 amide bonds. The van der Waals surface area contributed by atoms with E-state index < -0.39 is 62.0 Å². The first-order valence-corrected chi connectivity index (χ1v) is 30.8. The number of benzene rings is 4. The van der Waals surface area contributed by atoms with E-state index in [9.17, 15) is 54.0 Å². The molecule has 4 aromatic rings. The summed E-state index contributed by atoms with van der Waals surface area (Å²) in [7, 11) is -6.41. The largest absolute Gasteiger partial charge is 0.344 e. The molecule has 0 bridgehead atoms. The van der Waals surface area contributed by atoms with Crippen molar-refractivity contribution in [2.24, 2.45) is 5.73 Å². The average molecular weight is 1170 g/mol. The predicted molar refractivity (Wildman–Crippen MR) is 301 cm³/mol. The van der Waals surface area contributed by atoms with E-state index >= 15 is 4.39 Å². The molecule has 4 aromatic carbocycles. The summed E-state index contributed by atoms with van der Waals surface area (Å²) < 4.78 is 103. The first-order chi connectivity index (χ1) is 38.6. The molecule has 0 spiro atoms. The minimum atomic E-state index is -3.28. The van der Waals surface area contributed by atoms with Gasteiger partial charge in [0.25, 0.3) is 5.91 Å². The van der Waals surface area contributed by atoms with Crippen LogP contribution in [0, 0.1) is 11.6 Å². The molecule has 4 aliphatic rings. The van der Waals surface area contributed by atoms with Crippen molar-refractivity contribution in [2.45, 2.75) is 46.5 Å². The third-order valence-electron chi connectivity index (χ3n) is 15.0. The summed E-state index contributed by atoms with van der Waals surface area (Å²) in [6.45, 7) is 14.9. The number of rotatable bonds is 18. The molecule has 25 heteroatoms. The van der Waals surface area contributed by atoms with Crippen molar-refractivity contribution < 1.29 is 58.4 Å². The molecule has 0 saturated carbocycles. The lowest BCUT2D eigenvalue weighted by Gasteiger charge is -2.34. The quantitative estimate of drug-likeness (QED) is 0.105. The number of hydrogen-bond acceptors (Lipinski definition) is 14. The maximum Gasteiger partial charge on any atom is 0.324 e. The van der Waals surface area contributed by atoms with Gasteiger partial charge in [-0.25, -0.2) is 35.2 Å². The van der Waals surface area contributed by atoms with Gasteiger partial charge in [0.2, 0.25) is 0 Å². The number of urea groups is 2. The summed E-state index contributed by atoms with van der Waals surface area (Å²) in [5, 5.41) is 1.79. The Bertz CT molecular complexity index is 3040. The fourth-order valence-electron chi connectivity index (χ4n) is 9.80. The molecule has 8 rings (SSSR count). The van der Waals surface area contributed by atoms with Crippen molar-refractivity contribution in [1.82, 2.24) is 34.7 Å². The number of nitrogens with two attached hydrogens (primary N) is 1. The smallest absolute Gasteiger partial charge is 0.324 e. The SMILES string of the molecule is CCN1CCN(Cc2ccc(N(Cc3ccc(C(=O)CN)cc3F)C(=O)N3CCS(=O)(=O)CC3)cc2)CC1.CCN1CCN(Cc2ccc(N(Cc3ccc(C(=O)CNC(=O)C(F)F)cc3F)C(=O)N3CCS(=O)(=O)CC3)cc2)CC1. The van der Waals surface area contributed by atoms with Crippen LogP contribution < -0.4 is 20.9 Å². The van der Waals surface area contributed by atoms with Crippen LogP contribution in [0.25, 0.3) is 0 Å². The van der Waals surface area contributed by atoms with Crippen molar-refractivity contribution in [1.29, 1.82) is 0 Å². The van der Waals surface area contributed by atoms with Gasteiger partial charge in [0.1, 0.15) is 11.6 Å². The zero-order chi connectivity index (χ0) is 58.4. The van der Waals surface area contributed by atoms with Crippen molar-refractivity contribution >= 4 is 60.6 Å². The number of sulfone groups is 2.